The third kappa shape index (κ3) is 6.66. The van der Waals surface area contributed by atoms with Crippen LogP contribution in [0, 0.1) is 12.7 Å². The summed E-state index contributed by atoms with van der Waals surface area (Å²) in [4.78, 5) is 0. The summed E-state index contributed by atoms with van der Waals surface area (Å²) < 4.78 is 32.0. The van der Waals surface area contributed by atoms with Crippen molar-refractivity contribution >= 4 is 11.8 Å². The summed E-state index contributed by atoms with van der Waals surface area (Å²) >= 11 is 1.85. The molecule has 2 rings (SSSR count). The Morgan fingerprint density at radius 3 is 1.65 bits per heavy atom. The molecule has 20 heavy (non-hydrogen) atoms. The van der Waals surface area contributed by atoms with Gasteiger partial charge in [-0.3, -0.25) is 0 Å². The molecule has 0 heterocycles. The zero-order chi connectivity index (χ0) is 14.8. The minimum atomic E-state index is -1.75. The zero-order valence-corrected chi connectivity index (χ0v) is 12.1. The quantitative estimate of drug-likeness (QED) is 0.723. The van der Waals surface area contributed by atoms with Gasteiger partial charge >= 0.3 is 0 Å². The lowest BCUT2D eigenvalue weighted by Gasteiger charge is -2.03. The Labute approximate surface area is 122 Å². The summed E-state index contributed by atoms with van der Waals surface area (Å²) in [7, 11) is 0. The fraction of sp³-hybridized carbons (Fsp3) is 0.250. The molecule has 0 aromatic heterocycles. The van der Waals surface area contributed by atoms with Crippen LogP contribution in [0.3, 0.4) is 0 Å². The molecule has 0 radical (unpaired) electrons. The number of hydrogen-bond acceptors (Lipinski definition) is 1. The summed E-state index contributed by atoms with van der Waals surface area (Å²) in [5.41, 5.74) is 3.79. The van der Waals surface area contributed by atoms with Crippen LogP contribution in [0.5, 0.6) is 0 Å². The Bertz CT molecular complexity index is 435. The molecule has 0 fully saturated rings. The Hall–Kier alpha value is -1.42. The largest absolute Gasteiger partial charge is 0.229 e. The van der Waals surface area contributed by atoms with Gasteiger partial charge in [-0.25, -0.2) is 13.2 Å². The molecule has 2 aromatic rings. The van der Waals surface area contributed by atoms with E-state index < -0.39 is 6.93 Å². The van der Waals surface area contributed by atoms with E-state index in [2.05, 4.69) is 31.2 Å². The van der Waals surface area contributed by atoms with Crippen molar-refractivity contribution in [2.45, 2.75) is 18.4 Å². The van der Waals surface area contributed by atoms with Crippen molar-refractivity contribution in [1.29, 1.82) is 0 Å². The fourth-order valence-electron chi connectivity index (χ4n) is 1.55. The van der Waals surface area contributed by atoms with E-state index in [1.807, 2.05) is 23.9 Å². The van der Waals surface area contributed by atoms with Crippen LogP contribution in [0.1, 0.15) is 16.7 Å². The van der Waals surface area contributed by atoms with Gasteiger partial charge in [0.15, 0.2) is 0 Å². The number of halogens is 3. The molecule has 0 amide bonds. The second kappa shape index (κ2) is 9.48. The van der Waals surface area contributed by atoms with Crippen molar-refractivity contribution in [3.8, 4) is 0 Å². The van der Waals surface area contributed by atoms with Crippen LogP contribution in [-0.2, 0) is 11.5 Å². The number of rotatable bonds is 4. The molecule has 0 unspecified atom stereocenters. The zero-order valence-electron chi connectivity index (χ0n) is 11.3. The summed E-state index contributed by atoms with van der Waals surface area (Å²) in [6, 6.07) is 15.3. The molecule has 0 bridgehead atoms. The van der Waals surface area contributed by atoms with Crippen LogP contribution in [0.4, 0.5) is 13.2 Å². The molecule has 0 atom stereocenters. The minimum absolute atomic E-state index is 0.169. The van der Waals surface area contributed by atoms with Gasteiger partial charge < -0.3 is 0 Å². The van der Waals surface area contributed by atoms with Gasteiger partial charge in [0.2, 0.25) is 6.93 Å². The lowest BCUT2D eigenvalue weighted by Crippen LogP contribution is -1.84. The molecule has 0 aliphatic carbocycles. The molecule has 108 valence electrons. The fourth-order valence-corrected chi connectivity index (χ4v) is 2.51. The number of benzene rings is 2. The molecule has 0 saturated heterocycles. The Morgan fingerprint density at radius 2 is 1.20 bits per heavy atom. The molecule has 0 aliphatic rings. The first-order valence-electron chi connectivity index (χ1n) is 6.15. The molecular formula is C16H17F3S. The molecule has 2 aromatic carbocycles. The predicted molar refractivity (Wildman–Crippen MR) is 79.7 cm³/mol. The summed E-state index contributed by atoms with van der Waals surface area (Å²) in [5.74, 6) is 1.75. The highest BCUT2D eigenvalue weighted by Gasteiger charge is 1.96. The number of hydrogen-bond donors (Lipinski definition) is 0. The van der Waals surface area contributed by atoms with Gasteiger partial charge in [0, 0.05) is 11.5 Å². The average molecular weight is 298 g/mol. The monoisotopic (exact) mass is 298 g/mol. The van der Waals surface area contributed by atoms with Crippen LogP contribution in [-0.4, -0.2) is 6.93 Å². The van der Waals surface area contributed by atoms with Gasteiger partial charge in [-0.15, -0.1) is 0 Å². The predicted octanol–water partition coefficient (Wildman–Crippen LogP) is 5.45. The maximum absolute atomic E-state index is 12.7. The van der Waals surface area contributed by atoms with Crippen molar-refractivity contribution in [1.82, 2.24) is 0 Å². The SMILES string of the molecule is Cc1ccc(CSCc2ccc(F)cc2)cc1.FCF. The first kappa shape index (κ1) is 16.6. The maximum Gasteiger partial charge on any atom is 0.229 e. The first-order chi connectivity index (χ1) is 9.65. The topological polar surface area (TPSA) is 0 Å². The molecule has 0 saturated carbocycles. The lowest BCUT2D eigenvalue weighted by molar-refractivity contribution is 0.295. The van der Waals surface area contributed by atoms with Gasteiger partial charge in [0.05, 0.1) is 0 Å². The Morgan fingerprint density at radius 1 is 0.800 bits per heavy atom. The van der Waals surface area contributed by atoms with E-state index in [1.165, 1.54) is 28.8 Å². The van der Waals surface area contributed by atoms with Gasteiger partial charge in [-0.2, -0.15) is 11.8 Å². The highest BCUT2D eigenvalue weighted by molar-refractivity contribution is 7.97. The van der Waals surface area contributed by atoms with E-state index in [9.17, 15) is 13.2 Å². The minimum Gasteiger partial charge on any atom is -0.214 e. The van der Waals surface area contributed by atoms with E-state index in [-0.39, 0.29) is 5.82 Å². The van der Waals surface area contributed by atoms with Crippen molar-refractivity contribution in [3.63, 3.8) is 0 Å². The number of alkyl halides is 2. The van der Waals surface area contributed by atoms with Gasteiger partial charge in [0.25, 0.3) is 0 Å². The normalized spacial score (nSPS) is 9.80. The van der Waals surface area contributed by atoms with Crippen molar-refractivity contribution < 1.29 is 13.2 Å². The Balaban J connectivity index is 0.000000612. The van der Waals surface area contributed by atoms with Gasteiger partial charge in [0.1, 0.15) is 5.82 Å². The first-order valence-corrected chi connectivity index (χ1v) is 7.31. The van der Waals surface area contributed by atoms with E-state index in [0.29, 0.717) is 0 Å². The molecule has 0 nitrogen and oxygen atoms in total. The maximum atomic E-state index is 12.7. The van der Waals surface area contributed by atoms with E-state index in [1.54, 1.807) is 0 Å². The highest BCUT2D eigenvalue weighted by atomic mass is 32.2. The third-order valence-electron chi connectivity index (χ3n) is 2.57. The molecule has 4 heteroatoms. The number of aryl methyl sites for hydroxylation is 1. The van der Waals surface area contributed by atoms with Crippen LogP contribution < -0.4 is 0 Å². The second-order valence-corrected chi connectivity index (χ2v) is 5.19. The molecular weight excluding hydrogens is 281 g/mol. The van der Waals surface area contributed by atoms with E-state index in [4.69, 9.17) is 0 Å². The van der Waals surface area contributed by atoms with Crippen molar-refractivity contribution in [2.75, 3.05) is 6.93 Å². The third-order valence-corrected chi connectivity index (χ3v) is 3.65. The van der Waals surface area contributed by atoms with Crippen molar-refractivity contribution in [2.24, 2.45) is 0 Å². The molecule has 0 aliphatic heterocycles. The standard InChI is InChI=1S/C15H15FS.CH2F2/c1-12-2-4-13(5-3-12)10-17-11-14-6-8-15(16)9-7-14;2-1-3/h2-9H,10-11H2,1H3;1H2. The van der Waals surface area contributed by atoms with E-state index >= 15 is 0 Å². The molecule has 0 spiro atoms. The van der Waals surface area contributed by atoms with Crippen LogP contribution in [0.25, 0.3) is 0 Å². The highest BCUT2D eigenvalue weighted by Crippen LogP contribution is 2.18. The summed E-state index contributed by atoms with van der Waals surface area (Å²) in [6.07, 6.45) is 0. The van der Waals surface area contributed by atoms with Crippen LogP contribution in [0.15, 0.2) is 48.5 Å². The van der Waals surface area contributed by atoms with Crippen molar-refractivity contribution in [3.05, 3.63) is 71.0 Å². The smallest absolute Gasteiger partial charge is 0.214 e. The second-order valence-electron chi connectivity index (χ2n) is 4.21. The number of thioether (sulfide) groups is 1. The lowest BCUT2D eigenvalue weighted by atomic mass is 10.2. The van der Waals surface area contributed by atoms with Gasteiger partial charge in [-0.1, -0.05) is 42.0 Å². The molecule has 0 N–H and O–H groups in total. The Kier molecular flexibility index (Phi) is 7.88. The van der Waals surface area contributed by atoms with Crippen LogP contribution in [0.2, 0.25) is 0 Å². The van der Waals surface area contributed by atoms with E-state index in [0.717, 1.165) is 11.5 Å². The van der Waals surface area contributed by atoms with Gasteiger partial charge in [-0.05, 0) is 30.2 Å². The van der Waals surface area contributed by atoms with Crippen LogP contribution >= 0.6 is 11.8 Å². The summed E-state index contributed by atoms with van der Waals surface area (Å²) in [6.45, 7) is 0.343. The summed E-state index contributed by atoms with van der Waals surface area (Å²) in [5, 5.41) is 0. The average Bonchev–Trinajstić information content (AvgIpc) is 2.44.